The van der Waals surface area contributed by atoms with Gasteiger partial charge in [-0.3, -0.25) is 4.79 Å². The quantitative estimate of drug-likeness (QED) is 0.849. The van der Waals surface area contributed by atoms with Gasteiger partial charge in [0.15, 0.2) is 0 Å². The number of carboxylic acids is 1. The van der Waals surface area contributed by atoms with Crippen molar-refractivity contribution < 1.29 is 9.90 Å². The first-order valence-corrected chi connectivity index (χ1v) is 6.55. The first-order valence-electron chi connectivity index (χ1n) is 5.75. The molecule has 0 saturated heterocycles. The number of rotatable bonds is 6. The number of carboxylic acid groups (broad SMARTS) is 1. The molecule has 0 heterocycles. The second-order valence-electron chi connectivity index (χ2n) is 4.17. The maximum Gasteiger partial charge on any atom is 0.320 e. The Morgan fingerprint density at radius 3 is 2.65 bits per heavy atom. The summed E-state index contributed by atoms with van der Waals surface area (Å²) in [5.74, 6) is -0.665. The maximum atomic E-state index is 11.1. The van der Waals surface area contributed by atoms with E-state index in [2.05, 4.69) is 21.2 Å². The van der Waals surface area contributed by atoms with Crippen LogP contribution in [0.5, 0.6) is 0 Å². The van der Waals surface area contributed by atoms with E-state index >= 15 is 0 Å². The molecule has 0 fully saturated rings. The molecule has 0 radical (unpaired) electrons. The Morgan fingerprint density at radius 1 is 1.47 bits per heavy atom. The third-order valence-corrected chi connectivity index (χ3v) is 3.72. The summed E-state index contributed by atoms with van der Waals surface area (Å²) in [7, 11) is 0. The van der Waals surface area contributed by atoms with Crippen molar-refractivity contribution in [1.82, 2.24) is 5.32 Å². The van der Waals surface area contributed by atoms with E-state index in [-0.39, 0.29) is 5.92 Å². The molecular weight excluding hydrogens is 282 g/mol. The van der Waals surface area contributed by atoms with Crippen LogP contribution in [0.2, 0.25) is 0 Å². The van der Waals surface area contributed by atoms with E-state index in [4.69, 9.17) is 5.11 Å². The van der Waals surface area contributed by atoms with Crippen LogP contribution in [0, 0.1) is 5.92 Å². The normalized spacial score (nSPS) is 14.3. The van der Waals surface area contributed by atoms with Crippen molar-refractivity contribution in [3.8, 4) is 0 Å². The monoisotopic (exact) mass is 299 g/mol. The summed E-state index contributed by atoms with van der Waals surface area (Å²) in [4.78, 5) is 11.1. The minimum Gasteiger partial charge on any atom is -0.480 e. The Kier molecular flexibility index (Phi) is 5.65. The number of nitrogens with one attached hydrogen (secondary N) is 1. The molecule has 0 aliphatic heterocycles. The van der Waals surface area contributed by atoms with Crippen molar-refractivity contribution in [2.24, 2.45) is 5.92 Å². The summed E-state index contributed by atoms with van der Waals surface area (Å²) in [6.07, 6.45) is 0.847. The van der Waals surface area contributed by atoms with Crippen molar-refractivity contribution in [3.05, 3.63) is 34.3 Å². The van der Waals surface area contributed by atoms with E-state index in [9.17, 15) is 4.79 Å². The third kappa shape index (κ3) is 4.13. The van der Waals surface area contributed by atoms with Crippen molar-refractivity contribution >= 4 is 21.9 Å². The van der Waals surface area contributed by atoms with Gasteiger partial charge in [-0.05, 0) is 17.5 Å². The Morgan fingerprint density at radius 2 is 2.12 bits per heavy atom. The minimum absolute atomic E-state index is 0.120. The summed E-state index contributed by atoms with van der Waals surface area (Å²) in [6.45, 7) is 4.51. The first kappa shape index (κ1) is 14.2. The molecule has 0 spiro atoms. The molecule has 0 amide bonds. The van der Waals surface area contributed by atoms with E-state index in [1.54, 1.807) is 0 Å². The highest BCUT2D eigenvalue weighted by molar-refractivity contribution is 9.10. The van der Waals surface area contributed by atoms with Gasteiger partial charge in [0.1, 0.15) is 6.04 Å². The lowest BCUT2D eigenvalue weighted by atomic mass is 9.99. The lowest BCUT2D eigenvalue weighted by molar-refractivity contribution is -0.140. The molecule has 0 unspecified atom stereocenters. The summed E-state index contributed by atoms with van der Waals surface area (Å²) in [5.41, 5.74) is 1.07. The van der Waals surface area contributed by atoms with Crippen LogP contribution >= 0.6 is 15.9 Å². The average molecular weight is 300 g/mol. The molecule has 0 aliphatic carbocycles. The molecular formula is C13H18BrNO2. The molecule has 4 heteroatoms. The molecule has 0 saturated carbocycles. The van der Waals surface area contributed by atoms with E-state index in [1.807, 2.05) is 38.1 Å². The van der Waals surface area contributed by atoms with Crippen LogP contribution in [-0.4, -0.2) is 17.1 Å². The van der Waals surface area contributed by atoms with Crippen LogP contribution in [0.1, 0.15) is 25.8 Å². The Bertz CT molecular complexity index is 381. The van der Waals surface area contributed by atoms with Crippen LogP contribution < -0.4 is 5.32 Å². The topological polar surface area (TPSA) is 49.3 Å². The lowest BCUT2D eigenvalue weighted by Crippen LogP contribution is -2.41. The number of halogens is 1. The fourth-order valence-electron chi connectivity index (χ4n) is 1.63. The molecule has 0 bridgehead atoms. The maximum absolute atomic E-state index is 11.1. The zero-order valence-electron chi connectivity index (χ0n) is 10.1. The predicted octanol–water partition coefficient (Wildman–Crippen LogP) is 3.04. The molecule has 0 aliphatic rings. The molecule has 2 N–H and O–H groups in total. The van der Waals surface area contributed by atoms with Crippen LogP contribution in [-0.2, 0) is 11.3 Å². The highest BCUT2D eigenvalue weighted by atomic mass is 79.9. The number of aliphatic carboxylic acids is 1. The molecule has 1 rings (SSSR count). The van der Waals surface area contributed by atoms with E-state index < -0.39 is 12.0 Å². The van der Waals surface area contributed by atoms with Gasteiger partial charge in [0.25, 0.3) is 0 Å². The standard InChI is InChI=1S/C13H18BrNO2/c1-3-9(2)12(13(16)17)15-8-10-6-4-5-7-11(10)14/h4-7,9,12,15H,3,8H2,1-2H3,(H,16,17)/t9-,12-/m0/s1. The number of carbonyl (C=O) groups is 1. The molecule has 1 aromatic rings. The lowest BCUT2D eigenvalue weighted by Gasteiger charge is -2.20. The molecule has 17 heavy (non-hydrogen) atoms. The minimum atomic E-state index is -0.786. The summed E-state index contributed by atoms with van der Waals surface area (Å²) >= 11 is 3.45. The van der Waals surface area contributed by atoms with Gasteiger partial charge in [-0.1, -0.05) is 54.4 Å². The third-order valence-electron chi connectivity index (χ3n) is 2.95. The van der Waals surface area contributed by atoms with Gasteiger partial charge in [-0.2, -0.15) is 0 Å². The van der Waals surface area contributed by atoms with Crippen LogP contribution in [0.4, 0.5) is 0 Å². The van der Waals surface area contributed by atoms with Crippen LogP contribution in [0.25, 0.3) is 0 Å². The SMILES string of the molecule is CC[C@H](C)[C@H](NCc1ccccc1Br)C(=O)O. The van der Waals surface area contributed by atoms with Gasteiger partial charge in [0.05, 0.1) is 0 Å². The zero-order chi connectivity index (χ0) is 12.8. The van der Waals surface area contributed by atoms with Gasteiger partial charge < -0.3 is 10.4 Å². The van der Waals surface area contributed by atoms with Gasteiger partial charge in [-0.15, -0.1) is 0 Å². The van der Waals surface area contributed by atoms with Crippen molar-refractivity contribution in [2.75, 3.05) is 0 Å². The highest BCUT2D eigenvalue weighted by Gasteiger charge is 2.22. The van der Waals surface area contributed by atoms with Crippen molar-refractivity contribution in [3.63, 3.8) is 0 Å². The zero-order valence-corrected chi connectivity index (χ0v) is 11.7. The molecule has 0 aromatic heterocycles. The van der Waals surface area contributed by atoms with Crippen molar-refractivity contribution in [1.29, 1.82) is 0 Å². The fraction of sp³-hybridized carbons (Fsp3) is 0.462. The van der Waals surface area contributed by atoms with Gasteiger partial charge in [-0.25, -0.2) is 0 Å². The smallest absolute Gasteiger partial charge is 0.320 e. The molecule has 1 aromatic carbocycles. The molecule has 3 nitrogen and oxygen atoms in total. The average Bonchev–Trinajstić information content (AvgIpc) is 2.30. The van der Waals surface area contributed by atoms with Gasteiger partial charge in [0.2, 0.25) is 0 Å². The largest absolute Gasteiger partial charge is 0.480 e. The van der Waals surface area contributed by atoms with Gasteiger partial charge in [0, 0.05) is 11.0 Å². The number of hydrogen-bond acceptors (Lipinski definition) is 2. The van der Waals surface area contributed by atoms with E-state index in [0.717, 1.165) is 16.5 Å². The second kappa shape index (κ2) is 6.77. The Labute approximate surface area is 110 Å². The summed E-state index contributed by atoms with van der Waals surface area (Å²) in [5, 5.41) is 12.2. The van der Waals surface area contributed by atoms with Gasteiger partial charge >= 0.3 is 5.97 Å². The fourth-order valence-corrected chi connectivity index (χ4v) is 2.05. The second-order valence-corrected chi connectivity index (χ2v) is 5.03. The number of benzene rings is 1. The summed E-state index contributed by atoms with van der Waals surface area (Å²) in [6, 6.07) is 7.33. The van der Waals surface area contributed by atoms with Crippen molar-refractivity contribution in [2.45, 2.75) is 32.9 Å². The Hall–Kier alpha value is -0.870. The highest BCUT2D eigenvalue weighted by Crippen LogP contribution is 2.16. The van der Waals surface area contributed by atoms with E-state index in [0.29, 0.717) is 6.54 Å². The molecule has 2 atom stereocenters. The predicted molar refractivity (Wildman–Crippen MR) is 71.9 cm³/mol. The first-order chi connectivity index (χ1) is 8.06. The Balaban J connectivity index is 2.64. The van der Waals surface area contributed by atoms with E-state index in [1.165, 1.54) is 0 Å². The number of hydrogen-bond donors (Lipinski definition) is 2. The van der Waals surface area contributed by atoms with Crippen LogP contribution in [0.3, 0.4) is 0 Å². The summed E-state index contributed by atoms with van der Waals surface area (Å²) < 4.78 is 1.00. The molecule has 94 valence electrons. The van der Waals surface area contributed by atoms with Crippen LogP contribution in [0.15, 0.2) is 28.7 Å².